The van der Waals surface area contributed by atoms with E-state index < -0.39 is 0 Å². The summed E-state index contributed by atoms with van der Waals surface area (Å²) in [5, 5.41) is 2.09. The van der Waals surface area contributed by atoms with Gasteiger partial charge in [0, 0.05) is 49.8 Å². The number of piperidine rings is 1. The highest BCUT2D eigenvalue weighted by Crippen LogP contribution is 2.26. The minimum absolute atomic E-state index is 0.0780. The molecule has 0 aliphatic carbocycles. The van der Waals surface area contributed by atoms with E-state index in [4.69, 9.17) is 9.47 Å². The molecule has 3 aliphatic rings. The van der Waals surface area contributed by atoms with E-state index in [9.17, 15) is 9.59 Å². The van der Waals surface area contributed by atoms with E-state index in [0.717, 1.165) is 32.4 Å². The van der Waals surface area contributed by atoms with Crippen molar-refractivity contribution in [2.24, 2.45) is 5.92 Å². The molecule has 1 aromatic heterocycles. The Labute approximate surface area is 158 Å². The third kappa shape index (κ3) is 3.94. The molecular formula is C19H26N2O4S. The molecule has 4 heterocycles. The number of hydrogen-bond donors (Lipinski definition) is 0. The molecule has 0 N–H and O–H groups in total. The van der Waals surface area contributed by atoms with E-state index in [1.54, 1.807) is 11.3 Å². The minimum Gasteiger partial charge on any atom is -0.350 e. The van der Waals surface area contributed by atoms with Gasteiger partial charge in [-0.3, -0.25) is 9.59 Å². The fourth-order valence-corrected chi connectivity index (χ4v) is 4.99. The van der Waals surface area contributed by atoms with Crippen LogP contribution in [0.25, 0.3) is 0 Å². The Bertz CT molecular complexity index is 656. The lowest BCUT2D eigenvalue weighted by Gasteiger charge is -2.35. The maximum atomic E-state index is 12.6. The lowest BCUT2D eigenvalue weighted by molar-refractivity contribution is -0.142. The van der Waals surface area contributed by atoms with Crippen LogP contribution in [0.2, 0.25) is 0 Å². The van der Waals surface area contributed by atoms with Crippen LogP contribution in [0, 0.1) is 5.92 Å². The fourth-order valence-electron chi connectivity index (χ4n) is 4.10. The molecule has 4 rings (SSSR count). The van der Waals surface area contributed by atoms with Crippen LogP contribution in [0.3, 0.4) is 0 Å². The molecule has 0 bridgehead atoms. The molecule has 142 valence electrons. The number of carbonyl (C=O) groups excluding carboxylic acids is 2. The summed E-state index contributed by atoms with van der Waals surface area (Å²) >= 11 is 1.77. The minimum atomic E-state index is -0.166. The van der Waals surface area contributed by atoms with Gasteiger partial charge < -0.3 is 19.3 Å². The summed E-state index contributed by atoms with van der Waals surface area (Å²) < 4.78 is 11.2. The summed E-state index contributed by atoms with van der Waals surface area (Å²) in [6.07, 6.45) is 3.37. The predicted molar refractivity (Wildman–Crippen MR) is 97.7 cm³/mol. The summed E-state index contributed by atoms with van der Waals surface area (Å²) in [4.78, 5) is 30.3. The Morgan fingerprint density at radius 1 is 1.12 bits per heavy atom. The van der Waals surface area contributed by atoms with Gasteiger partial charge in [-0.1, -0.05) is 0 Å². The Hall–Kier alpha value is -1.44. The van der Waals surface area contributed by atoms with Crippen molar-refractivity contribution < 1.29 is 19.1 Å². The van der Waals surface area contributed by atoms with Crippen LogP contribution in [-0.2, 0) is 32.0 Å². The SMILES string of the molecule is O=C(CCC(=O)N1CCCC(C2OCCO2)C1)N1CCc2sccc2C1. The standard InChI is InChI=1S/C19H26N2O4S/c22-17(20-7-1-2-15(13-20)19-24-9-10-25-19)3-4-18(23)21-8-5-16-14(12-21)6-11-26-16/h6,11,15,19H,1-5,7-10,12-13H2. The van der Waals surface area contributed by atoms with Gasteiger partial charge in [-0.15, -0.1) is 11.3 Å². The zero-order chi connectivity index (χ0) is 17.9. The summed E-state index contributed by atoms with van der Waals surface area (Å²) in [5.74, 6) is 0.422. The van der Waals surface area contributed by atoms with Crippen LogP contribution in [0.1, 0.15) is 36.1 Å². The van der Waals surface area contributed by atoms with Gasteiger partial charge in [0.25, 0.3) is 0 Å². The Kier molecular flexibility index (Phi) is 5.57. The van der Waals surface area contributed by atoms with E-state index in [1.807, 2.05) is 9.80 Å². The van der Waals surface area contributed by atoms with E-state index in [2.05, 4.69) is 11.4 Å². The molecule has 2 amide bonds. The quantitative estimate of drug-likeness (QED) is 0.804. The first kappa shape index (κ1) is 17.9. The van der Waals surface area contributed by atoms with Crippen molar-refractivity contribution in [2.45, 2.75) is 44.9 Å². The molecule has 0 saturated carbocycles. The van der Waals surface area contributed by atoms with Crippen molar-refractivity contribution in [3.63, 3.8) is 0 Å². The smallest absolute Gasteiger partial charge is 0.223 e. The Balaban J connectivity index is 1.25. The maximum absolute atomic E-state index is 12.6. The number of likely N-dealkylation sites (tertiary alicyclic amines) is 1. The number of carbonyl (C=O) groups is 2. The van der Waals surface area contributed by atoms with Gasteiger partial charge >= 0.3 is 0 Å². The Morgan fingerprint density at radius 3 is 2.69 bits per heavy atom. The molecule has 2 saturated heterocycles. The van der Waals surface area contributed by atoms with Gasteiger partial charge in [-0.2, -0.15) is 0 Å². The van der Waals surface area contributed by atoms with Crippen molar-refractivity contribution in [3.05, 3.63) is 21.9 Å². The maximum Gasteiger partial charge on any atom is 0.223 e. The van der Waals surface area contributed by atoms with E-state index in [-0.39, 0.29) is 24.0 Å². The third-order valence-electron chi connectivity index (χ3n) is 5.56. The van der Waals surface area contributed by atoms with Gasteiger partial charge in [0.05, 0.1) is 13.2 Å². The van der Waals surface area contributed by atoms with Crippen molar-refractivity contribution in [1.82, 2.24) is 9.80 Å². The fraction of sp³-hybridized carbons (Fsp3) is 0.684. The highest BCUT2D eigenvalue weighted by molar-refractivity contribution is 7.10. The molecule has 1 aromatic rings. The van der Waals surface area contributed by atoms with Crippen molar-refractivity contribution >= 4 is 23.2 Å². The van der Waals surface area contributed by atoms with Crippen molar-refractivity contribution in [2.75, 3.05) is 32.8 Å². The first-order valence-corrected chi connectivity index (χ1v) is 10.4. The average molecular weight is 378 g/mol. The molecule has 0 radical (unpaired) electrons. The topological polar surface area (TPSA) is 59.1 Å². The Morgan fingerprint density at radius 2 is 1.88 bits per heavy atom. The second kappa shape index (κ2) is 8.06. The highest BCUT2D eigenvalue weighted by Gasteiger charge is 2.33. The summed E-state index contributed by atoms with van der Waals surface area (Å²) in [5.41, 5.74) is 1.26. The zero-order valence-corrected chi connectivity index (χ0v) is 15.8. The molecule has 2 fully saturated rings. The van der Waals surface area contributed by atoms with E-state index >= 15 is 0 Å². The van der Waals surface area contributed by atoms with Crippen LogP contribution in [-0.4, -0.2) is 60.8 Å². The number of ether oxygens (including phenoxy) is 2. The molecular weight excluding hydrogens is 352 g/mol. The number of rotatable bonds is 4. The summed E-state index contributed by atoms with van der Waals surface area (Å²) in [6.45, 7) is 4.20. The summed E-state index contributed by atoms with van der Waals surface area (Å²) in [6, 6.07) is 2.10. The van der Waals surface area contributed by atoms with Crippen LogP contribution < -0.4 is 0 Å². The lowest BCUT2D eigenvalue weighted by Crippen LogP contribution is -2.44. The van der Waals surface area contributed by atoms with Crippen LogP contribution in [0.4, 0.5) is 0 Å². The largest absolute Gasteiger partial charge is 0.350 e. The first-order valence-electron chi connectivity index (χ1n) is 9.55. The molecule has 1 unspecified atom stereocenters. The molecule has 6 nitrogen and oxygen atoms in total. The number of fused-ring (bicyclic) bond motifs is 1. The van der Waals surface area contributed by atoms with Crippen LogP contribution >= 0.6 is 11.3 Å². The van der Waals surface area contributed by atoms with Gasteiger partial charge in [0.15, 0.2) is 6.29 Å². The predicted octanol–water partition coefficient (Wildman–Crippen LogP) is 2.02. The van der Waals surface area contributed by atoms with Crippen molar-refractivity contribution in [1.29, 1.82) is 0 Å². The number of amides is 2. The second-order valence-corrected chi connectivity index (χ2v) is 8.29. The monoisotopic (exact) mass is 378 g/mol. The lowest BCUT2D eigenvalue weighted by atomic mass is 9.97. The van der Waals surface area contributed by atoms with Gasteiger partial charge in [-0.05, 0) is 36.3 Å². The van der Waals surface area contributed by atoms with Crippen LogP contribution in [0.5, 0.6) is 0 Å². The molecule has 1 atom stereocenters. The van der Waals surface area contributed by atoms with Crippen molar-refractivity contribution in [3.8, 4) is 0 Å². The zero-order valence-electron chi connectivity index (χ0n) is 15.0. The number of nitrogens with zero attached hydrogens (tertiary/aromatic N) is 2. The normalized spacial score (nSPS) is 23.9. The van der Waals surface area contributed by atoms with E-state index in [0.29, 0.717) is 39.1 Å². The highest BCUT2D eigenvalue weighted by atomic mass is 32.1. The van der Waals surface area contributed by atoms with Gasteiger partial charge in [-0.25, -0.2) is 0 Å². The molecule has 0 spiro atoms. The number of hydrogen-bond acceptors (Lipinski definition) is 5. The number of thiophene rings is 1. The average Bonchev–Trinajstić information content (AvgIpc) is 3.36. The first-order chi connectivity index (χ1) is 12.7. The van der Waals surface area contributed by atoms with Crippen LogP contribution in [0.15, 0.2) is 11.4 Å². The molecule has 0 aromatic carbocycles. The second-order valence-electron chi connectivity index (χ2n) is 7.29. The molecule has 26 heavy (non-hydrogen) atoms. The van der Waals surface area contributed by atoms with Gasteiger partial charge in [0.1, 0.15) is 0 Å². The third-order valence-corrected chi connectivity index (χ3v) is 6.58. The summed E-state index contributed by atoms with van der Waals surface area (Å²) in [7, 11) is 0. The van der Waals surface area contributed by atoms with Gasteiger partial charge in [0.2, 0.25) is 11.8 Å². The van der Waals surface area contributed by atoms with E-state index in [1.165, 1.54) is 10.4 Å². The molecule has 3 aliphatic heterocycles. The molecule has 7 heteroatoms.